The maximum absolute atomic E-state index is 12.7. The molecule has 1 aromatic heterocycles. The van der Waals surface area contributed by atoms with Crippen LogP contribution in [0, 0.1) is 3.57 Å². The molecule has 1 saturated heterocycles. The molecule has 1 atom stereocenters. The SMILES string of the molecule is O=C1CC(Sc2nc3ccccc3s2)C(=O)N1c1ccccc1I. The minimum Gasteiger partial charge on any atom is -0.274 e. The van der Waals surface area contributed by atoms with Crippen LogP contribution in [0.25, 0.3) is 10.2 Å². The highest BCUT2D eigenvalue weighted by atomic mass is 127. The monoisotopic (exact) mass is 466 g/mol. The van der Waals surface area contributed by atoms with E-state index in [1.165, 1.54) is 16.7 Å². The van der Waals surface area contributed by atoms with Crippen LogP contribution in [0.2, 0.25) is 0 Å². The van der Waals surface area contributed by atoms with Crippen LogP contribution in [0.5, 0.6) is 0 Å². The molecule has 0 bridgehead atoms. The van der Waals surface area contributed by atoms with Gasteiger partial charge in [0.15, 0.2) is 4.34 Å². The van der Waals surface area contributed by atoms with Gasteiger partial charge in [-0.3, -0.25) is 9.59 Å². The van der Waals surface area contributed by atoms with Crippen molar-refractivity contribution >= 4 is 73.4 Å². The van der Waals surface area contributed by atoms with Gasteiger partial charge in [0.05, 0.1) is 15.9 Å². The summed E-state index contributed by atoms with van der Waals surface area (Å²) < 4.78 is 2.81. The van der Waals surface area contributed by atoms with Crippen molar-refractivity contribution in [1.29, 1.82) is 0 Å². The van der Waals surface area contributed by atoms with Gasteiger partial charge < -0.3 is 0 Å². The van der Waals surface area contributed by atoms with E-state index in [2.05, 4.69) is 27.6 Å². The molecule has 0 radical (unpaired) electrons. The van der Waals surface area contributed by atoms with Crippen molar-refractivity contribution < 1.29 is 9.59 Å². The minimum atomic E-state index is -0.408. The molecule has 1 fully saturated rings. The van der Waals surface area contributed by atoms with E-state index >= 15 is 0 Å². The first-order valence-electron chi connectivity index (χ1n) is 7.27. The van der Waals surface area contributed by atoms with Crippen LogP contribution in [0.4, 0.5) is 5.69 Å². The molecule has 7 heteroatoms. The predicted molar refractivity (Wildman–Crippen MR) is 106 cm³/mol. The predicted octanol–water partition coefficient (Wildman–Crippen LogP) is 4.33. The number of benzene rings is 2. The van der Waals surface area contributed by atoms with Crippen LogP contribution >= 0.6 is 45.7 Å². The average molecular weight is 466 g/mol. The second kappa shape index (κ2) is 6.45. The fourth-order valence-corrected chi connectivity index (χ4v) is 5.57. The Morgan fingerprint density at radius 3 is 2.67 bits per heavy atom. The van der Waals surface area contributed by atoms with Crippen molar-refractivity contribution in [2.24, 2.45) is 0 Å². The van der Waals surface area contributed by atoms with Crippen molar-refractivity contribution in [1.82, 2.24) is 4.98 Å². The Balaban J connectivity index is 1.60. The van der Waals surface area contributed by atoms with Gasteiger partial charge in [-0.15, -0.1) is 11.3 Å². The van der Waals surface area contributed by atoms with Gasteiger partial charge in [0.25, 0.3) is 0 Å². The lowest BCUT2D eigenvalue weighted by Crippen LogP contribution is -2.31. The number of para-hydroxylation sites is 2. The van der Waals surface area contributed by atoms with E-state index in [-0.39, 0.29) is 18.2 Å². The Morgan fingerprint density at radius 1 is 1.12 bits per heavy atom. The average Bonchev–Trinajstić information content (AvgIpc) is 3.09. The molecule has 120 valence electrons. The highest BCUT2D eigenvalue weighted by molar-refractivity contribution is 14.1. The number of hydrogen-bond acceptors (Lipinski definition) is 5. The fourth-order valence-electron chi connectivity index (χ4n) is 2.61. The van der Waals surface area contributed by atoms with Crippen molar-refractivity contribution in [3.05, 3.63) is 52.1 Å². The molecule has 2 aromatic carbocycles. The number of aromatic nitrogens is 1. The first-order valence-corrected chi connectivity index (χ1v) is 10.0. The summed E-state index contributed by atoms with van der Waals surface area (Å²) in [5.74, 6) is -0.309. The van der Waals surface area contributed by atoms with Crippen LogP contribution < -0.4 is 4.90 Å². The summed E-state index contributed by atoms with van der Waals surface area (Å²) in [6.07, 6.45) is 0.213. The van der Waals surface area contributed by atoms with Crippen LogP contribution in [-0.4, -0.2) is 22.0 Å². The summed E-state index contributed by atoms with van der Waals surface area (Å²) in [5, 5.41) is -0.408. The lowest BCUT2D eigenvalue weighted by molar-refractivity contribution is -0.121. The van der Waals surface area contributed by atoms with Crippen LogP contribution in [-0.2, 0) is 9.59 Å². The number of imide groups is 1. The molecule has 0 aliphatic carbocycles. The fraction of sp³-hybridized carbons (Fsp3) is 0.118. The number of fused-ring (bicyclic) bond motifs is 1. The maximum atomic E-state index is 12.7. The Hall–Kier alpha value is -1.45. The number of halogens is 1. The molecule has 2 heterocycles. The first-order chi connectivity index (χ1) is 11.6. The molecule has 4 rings (SSSR count). The molecule has 24 heavy (non-hydrogen) atoms. The van der Waals surface area contributed by atoms with Crippen LogP contribution in [0.15, 0.2) is 52.9 Å². The number of thiazole rings is 1. The number of amides is 2. The highest BCUT2D eigenvalue weighted by Crippen LogP contribution is 2.38. The van der Waals surface area contributed by atoms with Crippen molar-refractivity contribution in [2.75, 3.05) is 4.90 Å². The zero-order valence-corrected chi connectivity index (χ0v) is 16.1. The van der Waals surface area contributed by atoms with E-state index in [4.69, 9.17) is 0 Å². The van der Waals surface area contributed by atoms with E-state index < -0.39 is 5.25 Å². The number of hydrogen-bond donors (Lipinski definition) is 0. The Bertz CT molecular complexity index is 923. The van der Waals surface area contributed by atoms with Crippen LogP contribution in [0.3, 0.4) is 0 Å². The summed E-state index contributed by atoms with van der Waals surface area (Å²) in [7, 11) is 0. The summed E-state index contributed by atoms with van der Waals surface area (Å²) in [6.45, 7) is 0. The summed E-state index contributed by atoms with van der Waals surface area (Å²) in [5.41, 5.74) is 1.59. The number of carbonyl (C=O) groups excluding carboxylic acids is 2. The Labute approximate surface area is 160 Å². The van der Waals surface area contributed by atoms with Crippen molar-refractivity contribution in [3.8, 4) is 0 Å². The Morgan fingerprint density at radius 2 is 1.88 bits per heavy atom. The van der Waals surface area contributed by atoms with E-state index in [1.807, 2.05) is 48.5 Å². The molecule has 1 aliphatic heterocycles. The number of anilines is 1. The van der Waals surface area contributed by atoms with Gasteiger partial charge in [0.2, 0.25) is 11.8 Å². The first kappa shape index (κ1) is 16.0. The lowest BCUT2D eigenvalue weighted by Gasteiger charge is -2.16. The standard InChI is InChI=1S/C17H11IN2O2S2/c18-10-5-1-3-7-12(10)20-15(21)9-14(16(20)22)24-17-19-11-6-2-4-8-13(11)23-17/h1-8,14H,9H2. The van der Waals surface area contributed by atoms with Gasteiger partial charge in [0, 0.05) is 9.99 Å². The molecular weight excluding hydrogens is 455 g/mol. The number of nitrogens with zero attached hydrogens (tertiary/aromatic N) is 2. The van der Waals surface area contributed by atoms with Gasteiger partial charge in [-0.05, 0) is 46.9 Å². The molecule has 2 amide bonds. The second-order valence-corrected chi connectivity index (χ2v) is 8.92. The second-order valence-electron chi connectivity index (χ2n) is 5.28. The molecule has 0 spiro atoms. The summed E-state index contributed by atoms with van der Waals surface area (Å²) in [4.78, 5) is 31.0. The zero-order chi connectivity index (χ0) is 16.7. The molecule has 4 nitrogen and oxygen atoms in total. The minimum absolute atomic E-state index is 0.150. The quantitative estimate of drug-likeness (QED) is 0.426. The zero-order valence-electron chi connectivity index (χ0n) is 12.3. The van der Waals surface area contributed by atoms with Gasteiger partial charge in [0.1, 0.15) is 5.25 Å². The maximum Gasteiger partial charge on any atom is 0.247 e. The third-order valence-corrected chi connectivity index (χ3v) is 6.94. The lowest BCUT2D eigenvalue weighted by atomic mass is 10.3. The Kier molecular flexibility index (Phi) is 4.31. The van der Waals surface area contributed by atoms with Gasteiger partial charge >= 0.3 is 0 Å². The van der Waals surface area contributed by atoms with Gasteiger partial charge in [-0.2, -0.15) is 0 Å². The third kappa shape index (κ3) is 2.84. The highest BCUT2D eigenvalue weighted by Gasteiger charge is 2.41. The molecule has 3 aromatic rings. The number of carbonyl (C=O) groups is 2. The van der Waals surface area contributed by atoms with E-state index in [1.54, 1.807) is 11.3 Å². The third-order valence-electron chi connectivity index (χ3n) is 3.72. The van der Waals surface area contributed by atoms with Gasteiger partial charge in [-0.1, -0.05) is 36.0 Å². The summed E-state index contributed by atoms with van der Waals surface area (Å²) >= 11 is 5.09. The number of rotatable bonds is 3. The van der Waals surface area contributed by atoms with Crippen LogP contribution in [0.1, 0.15) is 6.42 Å². The molecule has 1 unspecified atom stereocenters. The topological polar surface area (TPSA) is 50.3 Å². The van der Waals surface area contributed by atoms with E-state index in [0.29, 0.717) is 5.69 Å². The normalized spacial score (nSPS) is 17.9. The summed E-state index contributed by atoms with van der Waals surface area (Å²) in [6, 6.07) is 15.3. The largest absolute Gasteiger partial charge is 0.274 e. The molecule has 0 saturated carbocycles. The molecule has 0 N–H and O–H groups in total. The number of thioether (sulfide) groups is 1. The molecule has 1 aliphatic rings. The van der Waals surface area contributed by atoms with E-state index in [9.17, 15) is 9.59 Å². The van der Waals surface area contributed by atoms with E-state index in [0.717, 1.165) is 18.1 Å². The molecular formula is C17H11IN2O2S2. The smallest absolute Gasteiger partial charge is 0.247 e. The van der Waals surface area contributed by atoms with Gasteiger partial charge in [-0.25, -0.2) is 9.88 Å². The van der Waals surface area contributed by atoms with Crippen molar-refractivity contribution in [3.63, 3.8) is 0 Å². The van der Waals surface area contributed by atoms with Crippen molar-refractivity contribution in [2.45, 2.75) is 16.0 Å².